The summed E-state index contributed by atoms with van der Waals surface area (Å²) in [6.07, 6.45) is 2.29. The van der Waals surface area contributed by atoms with Gasteiger partial charge in [-0.05, 0) is 53.7 Å². The van der Waals surface area contributed by atoms with E-state index < -0.39 is 0 Å². The fraction of sp³-hybridized carbons (Fsp3) is 0.583. The number of pyridine rings is 1. The lowest BCUT2D eigenvalue weighted by Crippen LogP contribution is -2.06. The zero-order valence-electron chi connectivity index (χ0n) is 9.76. The van der Waals surface area contributed by atoms with Gasteiger partial charge < -0.3 is 5.32 Å². The molecule has 0 fully saturated rings. The van der Waals surface area contributed by atoms with Crippen LogP contribution >= 0.6 is 27.5 Å². The Morgan fingerprint density at radius 1 is 1.50 bits per heavy atom. The largest absolute Gasteiger partial charge is 0.370 e. The molecule has 0 radical (unpaired) electrons. The van der Waals surface area contributed by atoms with Crippen molar-refractivity contribution < 1.29 is 0 Å². The van der Waals surface area contributed by atoms with Gasteiger partial charge in [-0.25, -0.2) is 4.98 Å². The summed E-state index contributed by atoms with van der Waals surface area (Å²) < 4.78 is 1.05. The summed E-state index contributed by atoms with van der Waals surface area (Å²) in [4.78, 5) is 4.43. The fourth-order valence-corrected chi connectivity index (χ4v) is 1.76. The van der Waals surface area contributed by atoms with E-state index in [4.69, 9.17) is 11.6 Å². The topological polar surface area (TPSA) is 24.9 Å². The zero-order chi connectivity index (χ0) is 12.0. The van der Waals surface area contributed by atoms with E-state index in [2.05, 4.69) is 33.2 Å². The van der Waals surface area contributed by atoms with E-state index in [1.165, 1.54) is 0 Å². The third kappa shape index (κ3) is 4.71. The van der Waals surface area contributed by atoms with Crippen LogP contribution in [0.4, 0.5) is 5.82 Å². The highest BCUT2D eigenvalue weighted by molar-refractivity contribution is 9.10. The average Bonchev–Trinajstić information content (AvgIpc) is 2.28. The SMILES string of the molecule is Cc1nc(NCCCC(C)CCl)ccc1Br. The second-order valence-corrected chi connectivity index (χ2v) is 5.26. The third-order valence-electron chi connectivity index (χ3n) is 2.46. The maximum atomic E-state index is 5.75. The first kappa shape index (κ1) is 13.8. The molecule has 4 heteroatoms. The molecular weight excluding hydrogens is 288 g/mol. The predicted molar refractivity (Wildman–Crippen MR) is 74.3 cm³/mol. The lowest BCUT2D eigenvalue weighted by atomic mass is 10.1. The Kier molecular flexibility index (Phi) is 6.14. The van der Waals surface area contributed by atoms with Gasteiger partial charge in [-0.1, -0.05) is 6.92 Å². The van der Waals surface area contributed by atoms with Crippen LogP contribution in [0.5, 0.6) is 0 Å². The molecule has 1 N–H and O–H groups in total. The third-order valence-corrected chi connectivity index (χ3v) is 3.83. The number of anilines is 1. The van der Waals surface area contributed by atoms with Crippen LogP contribution in [0, 0.1) is 12.8 Å². The molecule has 1 aromatic rings. The van der Waals surface area contributed by atoms with Crippen molar-refractivity contribution in [1.82, 2.24) is 4.98 Å². The van der Waals surface area contributed by atoms with Gasteiger partial charge in [-0.2, -0.15) is 0 Å². The van der Waals surface area contributed by atoms with Gasteiger partial charge in [0.25, 0.3) is 0 Å². The van der Waals surface area contributed by atoms with Crippen LogP contribution in [-0.2, 0) is 0 Å². The molecule has 0 saturated carbocycles. The van der Waals surface area contributed by atoms with Crippen LogP contribution < -0.4 is 5.32 Å². The number of nitrogens with one attached hydrogen (secondary N) is 1. The van der Waals surface area contributed by atoms with Crippen molar-refractivity contribution in [1.29, 1.82) is 0 Å². The maximum absolute atomic E-state index is 5.75. The number of halogens is 2. The quantitative estimate of drug-likeness (QED) is 0.629. The van der Waals surface area contributed by atoms with Crippen molar-refractivity contribution in [3.05, 3.63) is 22.3 Å². The minimum absolute atomic E-state index is 0.600. The Balaban J connectivity index is 2.29. The highest BCUT2D eigenvalue weighted by Gasteiger charge is 2.01. The molecule has 0 aliphatic rings. The summed E-state index contributed by atoms with van der Waals surface area (Å²) in [6.45, 7) is 5.12. The van der Waals surface area contributed by atoms with Gasteiger partial charge in [0.05, 0.1) is 5.69 Å². The second-order valence-electron chi connectivity index (χ2n) is 4.09. The van der Waals surface area contributed by atoms with E-state index in [1.54, 1.807) is 0 Å². The number of nitrogens with zero attached hydrogens (tertiary/aromatic N) is 1. The molecule has 1 atom stereocenters. The molecule has 0 saturated heterocycles. The number of aromatic nitrogens is 1. The molecule has 0 aromatic carbocycles. The molecule has 0 spiro atoms. The van der Waals surface area contributed by atoms with Crippen LogP contribution in [0.1, 0.15) is 25.5 Å². The van der Waals surface area contributed by atoms with E-state index in [-0.39, 0.29) is 0 Å². The summed E-state index contributed by atoms with van der Waals surface area (Å²) in [7, 11) is 0. The monoisotopic (exact) mass is 304 g/mol. The molecule has 1 heterocycles. The summed E-state index contributed by atoms with van der Waals surface area (Å²) in [5.41, 5.74) is 1.01. The van der Waals surface area contributed by atoms with Crippen molar-refractivity contribution in [3.63, 3.8) is 0 Å². The average molecular weight is 306 g/mol. The molecule has 2 nitrogen and oxygen atoms in total. The van der Waals surface area contributed by atoms with E-state index in [9.17, 15) is 0 Å². The normalized spacial score (nSPS) is 12.5. The van der Waals surface area contributed by atoms with Crippen LogP contribution in [0.2, 0.25) is 0 Å². The molecule has 90 valence electrons. The number of hydrogen-bond donors (Lipinski definition) is 1. The lowest BCUT2D eigenvalue weighted by Gasteiger charge is -2.09. The lowest BCUT2D eigenvalue weighted by molar-refractivity contribution is 0.572. The Bertz CT molecular complexity index is 331. The smallest absolute Gasteiger partial charge is 0.126 e. The molecule has 0 bridgehead atoms. The van der Waals surface area contributed by atoms with Gasteiger partial charge in [0, 0.05) is 16.9 Å². The molecule has 0 aliphatic heterocycles. The van der Waals surface area contributed by atoms with Gasteiger partial charge in [0.15, 0.2) is 0 Å². The molecule has 16 heavy (non-hydrogen) atoms. The van der Waals surface area contributed by atoms with Crippen LogP contribution in [0.25, 0.3) is 0 Å². The minimum atomic E-state index is 0.600. The summed E-state index contributed by atoms with van der Waals surface area (Å²) in [5.74, 6) is 2.29. The van der Waals surface area contributed by atoms with Crippen molar-refractivity contribution in [2.24, 2.45) is 5.92 Å². The molecule has 1 unspecified atom stereocenters. The van der Waals surface area contributed by atoms with Gasteiger partial charge in [0.1, 0.15) is 5.82 Å². The summed E-state index contributed by atoms with van der Waals surface area (Å²) in [6, 6.07) is 4.01. The zero-order valence-corrected chi connectivity index (χ0v) is 12.1. The Hall–Kier alpha value is -0.280. The number of aryl methyl sites for hydroxylation is 1. The Morgan fingerprint density at radius 2 is 2.25 bits per heavy atom. The minimum Gasteiger partial charge on any atom is -0.370 e. The first-order valence-corrected chi connectivity index (χ1v) is 6.89. The van der Waals surface area contributed by atoms with Crippen LogP contribution in [0.3, 0.4) is 0 Å². The molecular formula is C12H18BrClN2. The Labute approximate surface area is 111 Å². The molecule has 1 aromatic heterocycles. The van der Waals surface area contributed by atoms with E-state index in [1.807, 2.05) is 19.1 Å². The van der Waals surface area contributed by atoms with Crippen LogP contribution in [0.15, 0.2) is 16.6 Å². The number of hydrogen-bond acceptors (Lipinski definition) is 2. The summed E-state index contributed by atoms with van der Waals surface area (Å²) in [5, 5.41) is 3.32. The molecule has 0 aliphatic carbocycles. The standard InChI is InChI=1S/C12H18BrClN2/c1-9(8-14)4-3-7-15-12-6-5-11(13)10(2)16-12/h5-6,9H,3-4,7-8H2,1-2H3,(H,15,16). The van der Waals surface area contributed by atoms with Gasteiger partial charge in [-0.15, -0.1) is 11.6 Å². The van der Waals surface area contributed by atoms with Gasteiger partial charge >= 0.3 is 0 Å². The highest BCUT2D eigenvalue weighted by Crippen LogP contribution is 2.16. The first-order chi connectivity index (χ1) is 7.63. The summed E-state index contributed by atoms with van der Waals surface area (Å²) >= 11 is 9.18. The maximum Gasteiger partial charge on any atom is 0.126 e. The van der Waals surface area contributed by atoms with Crippen molar-refractivity contribution in [2.75, 3.05) is 17.7 Å². The van der Waals surface area contributed by atoms with Crippen molar-refractivity contribution in [2.45, 2.75) is 26.7 Å². The van der Waals surface area contributed by atoms with E-state index >= 15 is 0 Å². The van der Waals surface area contributed by atoms with E-state index in [0.29, 0.717) is 5.92 Å². The number of rotatable bonds is 6. The molecule has 0 amide bonds. The van der Waals surface area contributed by atoms with E-state index in [0.717, 1.165) is 41.3 Å². The van der Waals surface area contributed by atoms with Crippen molar-refractivity contribution >= 4 is 33.3 Å². The first-order valence-electron chi connectivity index (χ1n) is 5.56. The highest BCUT2D eigenvalue weighted by atomic mass is 79.9. The molecule has 1 rings (SSSR count). The Morgan fingerprint density at radius 3 is 2.88 bits per heavy atom. The van der Waals surface area contributed by atoms with Crippen LogP contribution in [-0.4, -0.2) is 17.4 Å². The van der Waals surface area contributed by atoms with Gasteiger partial charge in [0.2, 0.25) is 0 Å². The number of alkyl halides is 1. The second kappa shape index (κ2) is 7.13. The van der Waals surface area contributed by atoms with Crippen molar-refractivity contribution in [3.8, 4) is 0 Å². The van der Waals surface area contributed by atoms with Gasteiger partial charge in [-0.3, -0.25) is 0 Å². The predicted octanol–water partition coefficient (Wildman–Crippen LogP) is 4.22. The fourth-order valence-electron chi connectivity index (χ4n) is 1.39.